The molecular weight excluding hydrogens is 647 g/mol. The normalized spacial score (nSPS) is 12.7. The van der Waals surface area contributed by atoms with Crippen LogP contribution in [0.15, 0.2) is 60.8 Å². The van der Waals surface area contributed by atoms with Gasteiger partial charge in [0.15, 0.2) is 0 Å². The summed E-state index contributed by atoms with van der Waals surface area (Å²) in [6.45, 7) is 4.10. The second kappa shape index (κ2) is 40.9. The molecule has 0 aliphatic rings. The molecule has 298 valence electrons. The molecule has 1 amide bonds. The van der Waals surface area contributed by atoms with Gasteiger partial charge in [0.1, 0.15) is 12.6 Å². The minimum absolute atomic E-state index is 0.0142. The maximum Gasteiger partial charge on any atom is 0.322 e. The monoisotopic (exact) mass is 726 g/mol. The lowest BCUT2D eigenvalue weighted by atomic mass is 10.0. The first-order valence-corrected chi connectivity index (χ1v) is 21.4. The second-order valence-corrected chi connectivity index (χ2v) is 14.2. The number of unbranched alkanes of at least 4 members (excludes halogenated alkanes) is 17. The van der Waals surface area contributed by atoms with E-state index in [9.17, 15) is 14.4 Å². The number of allylic oxidation sites excluding steroid dienone is 10. The summed E-state index contributed by atoms with van der Waals surface area (Å²) in [6, 6.07) is 0. The van der Waals surface area contributed by atoms with E-state index in [0.717, 1.165) is 109 Å². The molecule has 0 aromatic heterocycles. The van der Waals surface area contributed by atoms with E-state index in [4.69, 9.17) is 9.84 Å². The molecule has 0 aromatic rings. The predicted octanol–water partition coefficient (Wildman–Crippen LogP) is 13.2. The lowest BCUT2D eigenvalue weighted by Gasteiger charge is -2.18. The zero-order valence-electron chi connectivity index (χ0n) is 33.6. The summed E-state index contributed by atoms with van der Waals surface area (Å²) in [5.41, 5.74) is 0. The molecule has 2 N–H and O–H groups in total. The fraction of sp³-hybridized carbons (Fsp3) is 0.717. The van der Waals surface area contributed by atoms with Crippen molar-refractivity contribution >= 4 is 17.8 Å². The lowest BCUT2D eigenvalue weighted by molar-refractivity contribution is -0.150. The van der Waals surface area contributed by atoms with Gasteiger partial charge in [0.05, 0.1) is 0 Å². The van der Waals surface area contributed by atoms with Crippen molar-refractivity contribution in [1.82, 2.24) is 5.32 Å². The fourth-order valence-electron chi connectivity index (χ4n) is 6.04. The zero-order chi connectivity index (χ0) is 38.0. The minimum atomic E-state index is -1.02. The van der Waals surface area contributed by atoms with Gasteiger partial charge in [-0.3, -0.25) is 14.4 Å². The van der Waals surface area contributed by atoms with Crippen LogP contribution in [0.25, 0.3) is 0 Å². The van der Waals surface area contributed by atoms with Crippen molar-refractivity contribution in [2.24, 2.45) is 0 Å². The number of carbonyl (C=O) groups excluding carboxylic acids is 2. The Morgan fingerprint density at radius 3 is 1.54 bits per heavy atom. The van der Waals surface area contributed by atoms with E-state index < -0.39 is 5.97 Å². The second-order valence-electron chi connectivity index (χ2n) is 14.2. The molecule has 0 aliphatic heterocycles. The maximum absolute atomic E-state index is 12.7. The maximum atomic E-state index is 12.7. The number of amides is 1. The van der Waals surface area contributed by atoms with E-state index >= 15 is 0 Å². The SMILES string of the molecule is CC/C=C\C/C=C\C/C=C\C/C=C\CCCCCCCCC(=O)OC(CCC/C=C\CCCCCCCC)CCCCCCCC(=O)NCC(=O)O. The number of carboxylic acid groups (broad SMARTS) is 1. The van der Waals surface area contributed by atoms with Crippen molar-refractivity contribution < 1.29 is 24.2 Å². The highest BCUT2D eigenvalue weighted by molar-refractivity contribution is 5.80. The smallest absolute Gasteiger partial charge is 0.322 e. The zero-order valence-corrected chi connectivity index (χ0v) is 33.6. The molecule has 0 heterocycles. The molecule has 6 nitrogen and oxygen atoms in total. The third kappa shape index (κ3) is 39.9. The number of hydrogen-bond donors (Lipinski definition) is 2. The molecule has 0 rings (SSSR count). The van der Waals surface area contributed by atoms with Gasteiger partial charge < -0.3 is 15.2 Å². The molecule has 52 heavy (non-hydrogen) atoms. The van der Waals surface area contributed by atoms with Crippen LogP contribution in [0.3, 0.4) is 0 Å². The molecule has 1 unspecified atom stereocenters. The molecule has 0 bridgehead atoms. The molecule has 1 atom stereocenters. The molecular formula is C46H79NO5. The van der Waals surface area contributed by atoms with Crippen molar-refractivity contribution in [3.63, 3.8) is 0 Å². The third-order valence-corrected chi connectivity index (χ3v) is 9.17. The van der Waals surface area contributed by atoms with Crippen molar-refractivity contribution in [2.45, 2.75) is 206 Å². The first-order valence-electron chi connectivity index (χ1n) is 21.4. The van der Waals surface area contributed by atoms with Crippen molar-refractivity contribution in [1.29, 1.82) is 0 Å². The van der Waals surface area contributed by atoms with Crippen molar-refractivity contribution in [3.05, 3.63) is 60.8 Å². The summed E-state index contributed by atoms with van der Waals surface area (Å²) in [5.74, 6) is -1.27. The number of ether oxygens (including phenoxy) is 1. The number of nitrogens with one attached hydrogen (secondary N) is 1. The van der Waals surface area contributed by atoms with E-state index in [1.165, 1.54) is 64.2 Å². The van der Waals surface area contributed by atoms with E-state index in [2.05, 4.69) is 79.9 Å². The van der Waals surface area contributed by atoms with Crippen LogP contribution < -0.4 is 5.32 Å². The van der Waals surface area contributed by atoms with Crippen molar-refractivity contribution in [3.8, 4) is 0 Å². The Balaban J connectivity index is 4.19. The summed E-state index contributed by atoms with van der Waals surface area (Å²) in [5, 5.41) is 11.1. The molecule has 0 radical (unpaired) electrons. The standard InChI is InChI=1S/C46H79NO5/c1-3-5-7-9-11-13-15-16-17-18-19-20-21-22-24-26-28-33-37-41-46(51)52-43(38-34-30-27-25-23-14-12-10-8-6-4-2)39-35-31-29-32-36-40-44(48)47-42-45(49)50/h5,7,11,13,16-17,19-20,25,27,43H,3-4,6,8-10,12,14-15,18,21-24,26,28-42H2,1-2H3,(H,47,48)(H,49,50)/b7-5-,13-11-,17-16-,20-19-,27-25-. The number of esters is 1. The number of carbonyl (C=O) groups is 3. The van der Waals surface area contributed by atoms with Gasteiger partial charge in [-0.25, -0.2) is 0 Å². The Labute approximate surface area is 320 Å². The van der Waals surface area contributed by atoms with Gasteiger partial charge in [-0.05, 0) is 96.3 Å². The van der Waals surface area contributed by atoms with Gasteiger partial charge in [-0.15, -0.1) is 0 Å². The Kier molecular flexibility index (Phi) is 38.6. The van der Waals surface area contributed by atoms with Crippen LogP contribution in [0.1, 0.15) is 200 Å². The molecule has 0 spiro atoms. The molecule has 6 heteroatoms. The van der Waals surface area contributed by atoms with Gasteiger partial charge in [0.25, 0.3) is 0 Å². The fourth-order valence-corrected chi connectivity index (χ4v) is 6.04. The molecule has 0 fully saturated rings. The van der Waals surface area contributed by atoms with Gasteiger partial charge in [-0.1, -0.05) is 152 Å². The van der Waals surface area contributed by atoms with Crippen molar-refractivity contribution in [2.75, 3.05) is 6.54 Å². The van der Waals surface area contributed by atoms with E-state index in [0.29, 0.717) is 12.8 Å². The Morgan fingerprint density at radius 1 is 0.519 bits per heavy atom. The van der Waals surface area contributed by atoms with Crippen LogP contribution in [0.5, 0.6) is 0 Å². The first-order chi connectivity index (χ1) is 25.5. The minimum Gasteiger partial charge on any atom is -0.480 e. The molecule has 0 aliphatic carbocycles. The Hall–Kier alpha value is -2.89. The van der Waals surface area contributed by atoms with Crippen LogP contribution in [0.4, 0.5) is 0 Å². The average Bonchev–Trinajstić information content (AvgIpc) is 3.13. The number of rotatable bonds is 38. The van der Waals surface area contributed by atoms with Gasteiger partial charge in [0.2, 0.25) is 5.91 Å². The average molecular weight is 726 g/mol. The van der Waals surface area contributed by atoms with Crippen LogP contribution in [-0.4, -0.2) is 35.6 Å². The topological polar surface area (TPSA) is 92.7 Å². The van der Waals surface area contributed by atoms with E-state index in [1.807, 2.05) is 0 Å². The van der Waals surface area contributed by atoms with Gasteiger partial charge in [0, 0.05) is 12.8 Å². The highest BCUT2D eigenvalue weighted by atomic mass is 16.5. The summed E-state index contributed by atoms with van der Waals surface area (Å²) >= 11 is 0. The highest BCUT2D eigenvalue weighted by Crippen LogP contribution is 2.18. The number of hydrogen-bond acceptors (Lipinski definition) is 4. The lowest BCUT2D eigenvalue weighted by Crippen LogP contribution is -2.28. The van der Waals surface area contributed by atoms with Crippen LogP contribution in [0.2, 0.25) is 0 Å². The van der Waals surface area contributed by atoms with E-state index in [1.54, 1.807) is 0 Å². The third-order valence-electron chi connectivity index (χ3n) is 9.17. The number of aliphatic carboxylic acids is 1. The molecule has 0 saturated heterocycles. The Bertz CT molecular complexity index is 979. The Morgan fingerprint density at radius 2 is 0.962 bits per heavy atom. The highest BCUT2D eigenvalue weighted by Gasteiger charge is 2.14. The van der Waals surface area contributed by atoms with Crippen LogP contribution in [-0.2, 0) is 19.1 Å². The summed E-state index contributed by atoms with van der Waals surface area (Å²) < 4.78 is 6.00. The van der Waals surface area contributed by atoms with E-state index in [-0.39, 0.29) is 24.5 Å². The first kappa shape index (κ1) is 49.1. The number of carboxylic acids is 1. The summed E-state index contributed by atoms with van der Waals surface area (Å²) in [6.07, 6.45) is 53.4. The summed E-state index contributed by atoms with van der Waals surface area (Å²) in [7, 11) is 0. The van der Waals surface area contributed by atoms with Gasteiger partial charge >= 0.3 is 11.9 Å². The van der Waals surface area contributed by atoms with Crippen LogP contribution >= 0.6 is 0 Å². The predicted molar refractivity (Wildman–Crippen MR) is 221 cm³/mol. The molecule has 0 aromatic carbocycles. The van der Waals surface area contributed by atoms with Gasteiger partial charge in [-0.2, -0.15) is 0 Å². The summed E-state index contributed by atoms with van der Waals surface area (Å²) in [4.78, 5) is 35.0. The molecule has 0 saturated carbocycles. The van der Waals surface area contributed by atoms with Crippen LogP contribution in [0, 0.1) is 0 Å². The largest absolute Gasteiger partial charge is 0.480 e. The quantitative estimate of drug-likeness (QED) is 0.0375.